The molecule has 0 aliphatic heterocycles. The monoisotopic (exact) mass is 340 g/mol. The highest BCUT2D eigenvalue weighted by atomic mass is 16.5. The van der Waals surface area contributed by atoms with Gasteiger partial charge in [-0.1, -0.05) is 6.58 Å². The van der Waals surface area contributed by atoms with Crippen LogP contribution in [0.1, 0.15) is 27.7 Å². The minimum atomic E-state index is -1.13. The van der Waals surface area contributed by atoms with Gasteiger partial charge in [-0.2, -0.15) is 0 Å². The van der Waals surface area contributed by atoms with Gasteiger partial charge in [-0.15, -0.1) is 0 Å². The van der Waals surface area contributed by atoms with Crippen molar-refractivity contribution in [1.29, 1.82) is 0 Å². The van der Waals surface area contributed by atoms with Crippen molar-refractivity contribution in [2.45, 2.75) is 27.7 Å². The Kier molecular flexibility index (Phi) is 9.07. The molecule has 8 heteroatoms. The van der Waals surface area contributed by atoms with E-state index in [9.17, 15) is 19.2 Å². The van der Waals surface area contributed by atoms with Crippen LogP contribution in [-0.2, 0) is 23.9 Å². The summed E-state index contributed by atoms with van der Waals surface area (Å²) in [4.78, 5) is 48.6. The number of hydrogen-bond acceptors (Lipinski definition) is 5. The maximum Gasteiger partial charge on any atom is 0.330 e. The van der Waals surface area contributed by atoms with E-state index in [1.54, 1.807) is 20.8 Å². The molecule has 0 radical (unpaired) electrons. The Balaban J connectivity index is 4.77. The molecular weight excluding hydrogens is 316 g/mol. The summed E-state index contributed by atoms with van der Waals surface area (Å²) < 4.78 is 4.87. The van der Waals surface area contributed by atoms with Crippen molar-refractivity contribution in [3.63, 3.8) is 0 Å². The lowest BCUT2D eigenvalue weighted by atomic mass is 10.3. The number of amides is 2. The first-order chi connectivity index (χ1) is 11.1. The summed E-state index contributed by atoms with van der Waals surface area (Å²) in [5.74, 6) is -2.74. The fourth-order valence-electron chi connectivity index (χ4n) is 1.73. The van der Waals surface area contributed by atoms with E-state index < -0.39 is 24.4 Å². The number of likely N-dealkylation sites (N-methyl/N-ethyl adjacent to an activating group) is 2. The molecule has 2 amide bonds. The fraction of sp³-hybridized carbons (Fsp3) is 0.500. The highest BCUT2D eigenvalue weighted by Crippen LogP contribution is 2.04. The quantitative estimate of drug-likeness (QED) is 0.378. The third-order valence-electron chi connectivity index (χ3n) is 3.05. The summed E-state index contributed by atoms with van der Waals surface area (Å²) in [5, 5.41) is 8.74. The average Bonchev–Trinajstić information content (AvgIpc) is 2.53. The number of nitrogens with zero attached hydrogens (tertiary/aromatic N) is 2. The van der Waals surface area contributed by atoms with Crippen LogP contribution in [0.4, 0.5) is 0 Å². The van der Waals surface area contributed by atoms with Crippen LogP contribution in [0.15, 0.2) is 24.0 Å². The average molecular weight is 340 g/mol. The van der Waals surface area contributed by atoms with E-state index in [2.05, 4.69) is 6.58 Å². The van der Waals surface area contributed by atoms with Gasteiger partial charge < -0.3 is 19.6 Å². The van der Waals surface area contributed by atoms with Crippen molar-refractivity contribution >= 4 is 23.8 Å². The molecule has 0 aromatic rings. The summed E-state index contributed by atoms with van der Waals surface area (Å²) in [6.07, 6.45) is 0.967. The van der Waals surface area contributed by atoms with Gasteiger partial charge in [-0.05, 0) is 27.7 Å². The predicted molar refractivity (Wildman–Crippen MR) is 86.8 cm³/mol. The number of esters is 1. The second kappa shape index (κ2) is 10.2. The van der Waals surface area contributed by atoms with Gasteiger partial charge in [0.2, 0.25) is 5.91 Å². The Morgan fingerprint density at radius 3 is 1.92 bits per heavy atom. The SMILES string of the molecule is C=C(C)C(=O)N(CC)CC(=O)O/C=C(\C)C(=O)N(CC)CC(=O)O. The molecule has 0 unspecified atom stereocenters. The van der Waals surface area contributed by atoms with E-state index in [0.717, 1.165) is 11.2 Å². The van der Waals surface area contributed by atoms with Crippen molar-refractivity contribution in [1.82, 2.24) is 9.80 Å². The van der Waals surface area contributed by atoms with Gasteiger partial charge in [-0.25, -0.2) is 4.79 Å². The molecule has 0 atom stereocenters. The van der Waals surface area contributed by atoms with E-state index in [-0.39, 0.29) is 24.6 Å². The summed E-state index contributed by atoms with van der Waals surface area (Å²) in [7, 11) is 0. The number of carboxylic acid groups (broad SMARTS) is 1. The molecular formula is C16H24N2O6. The molecule has 0 spiro atoms. The molecule has 0 saturated carbocycles. The smallest absolute Gasteiger partial charge is 0.330 e. The molecule has 0 saturated heterocycles. The van der Waals surface area contributed by atoms with Gasteiger partial charge in [0.25, 0.3) is 5.91 Å². The second-order valence-electron chi connectivity index (χ2n) is 5.10. The second-order valence-corrected chi connectivity index (χ2v) is 5.10. The van der Waals surface area contributed by atoms with Gasteiger partial charge in [0, 0.05) is 24.2 Å². The van der Waals surface area contributed by atoms with Crippen LogP contribution in [0.2, 0.25) is 0 Å². The molecule has 0 heterocycles. The van der Waals surface area contributed by atoms with Crippen molar-refractivity contribution in [2.24, 2.45) is 0 Å². The summed E-state index contributed by atoms with van der Waals surface area (Å²) in [6.45, 7) is 9.65. The first-order valence-electron chi connectivity index (χ1n) is 7.46. The predicted octanol–water partition coefficient (Wildman–Crippen LogP) is 0.791. The van der Waals surface area contributed by atoms with Gasteiger partial charge in [0.1, 0.15) is 19.4 Å². The van der Waals surface area contributed by atoms with Crippen LogP contribution in [0.5, 0.6) is 0 Å². The summed E-state index contributed by atoms with van der Waals surface area (Å²) in [6, 6.07) is 0. The first-order valence-corrected chi connectivity index (χ1v) is 7.46. The third kappa shape index (κ3) is 7.08. The topological polar surface area (TPSA) is 104 Å². The maximum absolute atomic E-state index is 12.0. The lowest BCUT2D eigenvalue weighted by Gasteiger charge is -2.20. The van der Waals surface area contributed by atoms with Gasteiger partial charge in [0.15, 0.2) is 0 Å². The highest BCUT2D eigenvalue weighted by Gasteiger charge is 2.19. The van der Waals surface area contributed by atoms with Crippen LogP contribution >= 0.6 is 0 Å². The molecule has 8 nitrogen and oxygen atoms in total. The van der Waals surface area contributed by atoms with Gasteiger partial charge in [-0.3, -0.25) is 14.4 Å². The Labute approximate surface area is 141 Å². The highest BCUT2D eigenvalue weighted by molar-refractivity contribution is 5.95. The van der Waals surface area contributed by atoms with E-state index in [4.69, 9.17) is 9.84 Å². The lowest BCUT2D eigenvalue weighted by Crippen LogP contribution is -2.37. The standard InChI is InChI=1S/C16H24N2O6/c1-6-17(8-13(19)20)16(23)12(5)10-24-14(21)9-18(7-2)15(22)11(3)4/h10H,3,6-9H2,1-2,4-5H3,(H,19,20)/b12-10+. The number of hydrogen-bond donors (Lipinski definition) is 1. The number of ether oxygens (including phenoxy) is 1. The summed E-state index contributed by atoms with van der Waals surface area (Å²) >= 11 is 0. The lowest BCUT2D eigenvalue weighted by molar-refractivity contribution is -0.144. The molecule has 1 N–H and O–H groups in total. The molecule has 0 aliphatic rings. The maximum atomic E-state index is 12.0. The Morgan fingerprint density at radius 1 is 1.00 bits per heavy atom. The van der Waals surface area contributed by atoms with E-state index in [1.165, 1.54) is 11.8 Å². The molecule has 0 aliphatic carbocycles. The molecule has 0 aromatic carbocycles. The molecule has 134 valence electrons. The largest absolute Gasteiger partial charge is 0.480 e. The van der Waals surface area contributed by atoms with Crippen LogP contribution in [0, 0.1) is 0 Å². The molecule has 0 fully saturated rings. The number of rotatable bonds is 9. The fourth-order valence-corrected chi connectivity index (χ4v) is 1.73. The van der Waals surface area contributed by atoms with Crippen LogP contribution in [-0.4, -0.2) is 64.8 Å². The number of carboxylic acids is 1. The van der Waals surface area contributed by atoms with E-state index in [1.807, 2.05) is 0 Å². The van der Waals surface area contributed by atoms with Crippen molar-refractivity contribution in [2.75, 3.05) is 26.2 Å². The van der Waals surface area contributed by atoms with Crippen LogP contribution < -0.4 is 0 Å². The van der Waals surface area contributed by atoms with Gasteiger partial charge in [0.05, 0.1) is 0 Å². The normalized spacial score (nSPS) is 10.8. The Hall–Kier alpha value is -2.64. The molecule has 24 heavy (non-hydrogen) atoms. The zero-order valence-corrected chi connectivity index (χ0v) is 14.5. The van der Waals surface area contributed by atoms with E-state index in [0.29, 0.717) is 12.1 Å². The minimum absolute atomic E-state index is 0.0840. The van der Waals surface area contributed by atoms with Crippen molar-refractivity contribution in [3.8, 4) is 0 Å². The zero-order chi connectivity index (χ0) is 18.9. The van der Waals surface area contributed by atoms with Crippen LogP contribution in [0.25, 0.3) is 0 Å². The van der Waals surface area contributed by atoms with Crippen molar-refractivity contribution in [3.05, 3.63) is 24.0 Å². The number of carbonyl (C=O) groups is 4. The Morgan fingerprint density at radius 2 is 1.50 bits per heavy atom. The summed E-state index contributed by atoms with van der Waals surface area (Å²) in [5.41, 5.74) is 0.388. The molecule has 0 bridgehead atoms. The minimum Gasteiger partial charge on any atom is -0.480 e. The van der Waals surface area contributed by atoms with Crippen LogP contribution in [0.3, 0.4) is 0 Å². The first kappa shape index (κ1) is 21.4. The Bertz CT molecular complexity index is 553. The molecule has 0 rings (SSSR count). The third-order valence-corrected chi connectivity index (χ3v) is 3.05. The zero-order valence-electron chi connectivity index (χ0n) is 14.5. The number of aliphatic carboxylic acids is 1. The molecule has 0 aromatic heterocycles. The van der Waals surface area contributed by atoms with Crippen molar-refractivity contribution < 1.29 is 29.0 Å². The number of carbonyl (C=O) groups excluding carboxylic acids is 3. The van der Waals surface area contributed by atoms with Gasteiger partial charge >= 0.3 is 11.9 Å². The van der Waals surface area contributed by atoms with E-state index >= 15 is 0 Å².